The quantitative estimate of drug-likeness (QED) is 0.0381. The number of amides is 2. The molecule has 2 atom stereocenters. The van der Waals surface area contributed by atoms with Gasteiger partial charge in [-0.2, -0.15) is 0 Å². The van der Waals surface area contributed by atoms with Gasteiger partial charge in [-0.3, -0.25) is 19.2 Å². The van der Waals surface area contributed by atoms with Gasteiger partial charge in [-0.05, 0) is 36.8 Å². The first kappa shape index (κ1) is 57.9. The second-order valence-electron chi connectivity index (χ2n) is 18.3. The summed E-state index contributed by atoms with van der Waals surface area (Å²) < 4.78 is 16.8. The number of carbonyl (C=O) groups excluding carboxylic acids is 5. The van der Waals surface area contributed by atoms with Crippen molar-refractivity contribution in [3.8, 4) is 0 Å². The molecule has 2 amide bonds. The molecule has 0 aliphatic heterocycles. The fraction of sp³-hybridized carbons (Fsp3) is 0.696. The SMILES string of the molecule is CCCCCCCCCCCCCCCC(=O)OC(CCCCCCCCCCCCCCC)CC(=O)NCCC(=O)N[C@@H](CCC(=O)OCc1ccccc1)C(=O)OCc1ccccc1. The van der Waals surface area contributed by atoms with E-state index in [-0.39, 0.29) is 57.3 Å². The Morgan fingerprint density at radius 2 is 0.894 bits per heavy atom. The molecule has 0 spiro atoms. The van der Waals surface area contributed by atoms with Crippen molar-refractivity contribution in [3.63, 3.8) is 0 Å². The monoisotopic (exact) mass is 919 g/mol. The van der Waals surface area contributed by atoms with Crippen LogP contribution in [-0.2, 0) is 51.4 Å². The van der Waals surface area contributed by atoms with Gasteiger partial charge in [-0.25, -0.2) is 4.79 Å². The summed E-state index contributed by atoms with van der Waals surface area (Å²) in [6, 6.07) is 17.4. The maximum Gasteiger partial charge on any atom is 0.328 e. The Hall–Kier alpha value is -4.21. The Balaban J connectivity index is 1.80. The lowest BCUT2D eigenvalue weighted by Crippen LogP contribution is -2.43. The molecule has 0 fully saturated rings. The molecular weight excluding hydrogens is 829 g/mol. The third-order valence-electron chi connectivity index (χ3n) is 12.2. The Morgan fingerprint density at radius 1 is 0.455 bits per heavy atom. The molecule has 10 nitrogen and oxygen atoms in total. The van der Waals surface area contributed by atoms with Gasteiger partial charge in [0.05, 0.1) is 6.42 Å². The van der Waals surface area contributed by atoms with Crippen LogP contribution in [0.2, 0.25) is 0 Å². The van der Waals surface area contributed by atoms with Gasteiger partial charge in [0.1, 0.15) is 25.4 Å². The molecule has 0 aliphatic rings. The lowest BCUT2D eigenvalue weighted by Gasteiger charge is -2.19. The molecular formula is C56H90N2O8. The summed E-state index contributed by atoms with van der Waals surface area (Å²) in [5.74, 6) is -2.18. The maximum absolute atomic E-state index is 13.2. The summed E-state index contributed by atoms with van der Waals surface area (Å²) in [7, 11) is 0. The number of rotatable bonds is 43. The zero-order chi connectivity index (χ0) is 47.6. The van der Waals surface area contributed by atoms with Gasteiger partial charge >= 0.3 is 17.9 Å². The highest BCUT2D eigenvalue weighted by molar-refractivity contribution is 5.85. The van der Waals surface area contributed by atoms with Crippen LogP contribution in [0.5, 0.6) is 0 Å². The van der Waals surface area contributed by atoms with Gasteiger partial charge in [0.25, 0.3) is 0 Å². The van der Waals surface area contributed by atoms with Crippen LogP contribution in [0.3, 0.4) is 0 Å². The van der Waals surface area contributed by atoms with Gasteiger partial charge in [0.2, 0.25) is 11.8 Å². The smallest absolute Gasteiger partial charge is 0.328 e. The highest BCUT2D eigenvalue weighted by atomic mass is 16.5. The Bertz CT molecular complexity index is 1520. The van der Waals surface area contributed by atoms with Crippen LogP contribution in [0.15, 0.2) is 60.7 Å². The van der Waals surface area contributed by atoms with Crippen LogP contribution in [-0.4, -0.2) is 48.4 Å². The first-order chi connectivity index (χ1) is 32.3. The van der Waals surface area contributed by atoms with Gasteiger partial charge in [-0.1, -0.05) is 229 Å². The van der Waals surface area contributed by atoms with Gasteiger partial charge in [0.15, 0.2) is 0 Å². The van der Waals surface area contributed by atoms with Gasteiger partial charge in [-0.15, -0.1) is 0 Å². The molecule has 1 unspecified atom stereocenters. The molecule has 0 aliphatic carbocycles. The number of esters is 3. The van der Waals surface area contributed by atoms with E-state index in [0.717, 1.165) is 49.7 Å². The topological polar surface area (TPSA) is 137 Å². The van der Waals surface area contributed by atoms with Crippen molar-refractivity contribution in [3.05, 3.63) is 71.8 Å². The number of ether oxygens (including phenoxy) is 3. The van der Waals surface area contributed by atoms with E-state index in [9.17, 15) is 24.0 Å². The number of unbranched alkanes of at least 4 members (excludes halogenated alkanes) is 24. The Morgan fingerprint density at radius 3 is 1.38 bits per heavy atom. The van der Waals surface area contributed by atoms with Crippen LogP contribution < -0.4 is 10.6 Å². The van der Waals surface area contributed by atoms with Crippen molar-refractivity contribution in [2.45, 2.75) is 245 Å². The molecule has 2 aromatic rings. The largest absolute Gasteiger partial charge is 0.462 e. The summed E-state index contributed by atoms with van der Waals surface area (Å²) in [5, 5.41) is 5.51. The molecule has 10 heteroatoms. The van der Waals surface area contributed by atoms with Gasteiger partial charge < -0.3 is 24.8 Å². The normalized spacial score (nSPS) is 12.0. The molecule has 2 aromatic carbocycles. The van der Waals surface area contributed by atoms with E-state index in [1.54, 1.807) is 0 Å². The number of nitrogens with one attached hydrogen (secondary N) is 2. The van der Waals surface area contributed by atoms with Crippen molar-refractivity contribution in [2.24, 2.45) is 0 Å². The van der Waals surface area contributed by atoms with E-state index in [4.69, 9.17) is 14.2 Å². The zero-order valence-electron chi connectivity index (χ0n) is 41.4. The lowest BCUT2D eigenvalue weighted by atomic mass is 10.0. The molecule has 2 rings (SSSR count). The molecule has 372 valence electrons. The van der Waals surface area contributed by atoms with E-state index in [2.05, 4.69) is 24.5 Å². The van der Waals surface area contributed by atoms with Crippen LogP contribution >= 0.6 is 0 Å². The minimum atomic E-state index is -1.08. The average Bonchev–Trinajstić information content (AvgIpc) is 3.32. The number of benzene rings is 2. The predicted molar refractivity (Wildman–Crippen MR) is 266 cm³/mol. The minimum Gasteiger partial charge on any atom is -0.462 e. The second kappa shape index (κ2) is 41.0. The van der Waals surface area contributed by atoms with Crippen LogP contribution in [0.1, 0.15) is 230 Å². The Labute approximate surface area is 400 Å². The maximum atomic E-state index is 13.2. The third-order valence-corrected chi connectivity index (χ3v) is 12.2. The Kier molecular flexibility index (Phi) is 36.0. The van der Waals surface area contributed by atoms with Crippen molar-refractivity contribution >= 4 is 29.7 Å². The molecule has 0 bridgehead atoms. The lowest BCUT2D eigenvalue weighted by molar-refractivity contribution is -0.152. The third kappa shape index (κ3) is 33.3. The zero-order valence-corrected chi connectivity index (χ0v) is 41.4. The molecule has 0 saturated heterocycles. The van der Waals surface area contributed by atoms with Crippen LogP contribution in [0.4, 0.5) is 0 Å². The van der Waals surface area contributed by atoms with E-state index >= 15 is 0 Å². The summed E-state index contributed by atoms with van der Waals surface area (Å²) >= 11 is 0. The predicted octanol–water partition coefficient (Wildman–Crippen LogP) is 13.5. The first-order valence-electron chi connectivity index (χ1n) is 26.5. The summed E-state index contributed by atoms with van der Waals surface area (Å²) in [6.07, 6.45) is 32.5. The second-order valence-corrected chi connectivity index (χ2v) is 18.3. The average molecular weight is 919 g/mol. The summed E-state index contributed by atoms with van der Waals surface area (Å²) in [4.78, 5) is 65.0. The molecule has 0 aromatic heterocycles. The summed E-state index contributed by atoms with van der Waals surface area (Å²) in [6.45, 7) is 4.67. The number of hydrogen-bond acceptors (Lipinski definition) is 8. The van der Waals surface area contributed by atoms with Crippen LogP contribution in [0, 0.1) is 0 Å². The highest BCUT2D eigenvalue weighted by Crippen LogP contribution is 2.18. The van der Waals surface area contributed by atoms with Crippen molar-refractivity contribution < 1.29 is 38.2 Å². The molecule has 0 saturated carbocycles. The minimum absolute atomic E-state index is 0.00903. The molecule has 0 heterocycles. The van der Waals surface area contributed by atoms with Gasteiger partial charge in [0, 0.05) is 25.8 Å². The number of carbonyl (C=O) groups is 5. The van der Waals surface area contributed by atoms with Crippen molar-refractivity contribution in [1.29, 1.82) is 0 Å². The van der Waals surface area contributed by atoms with E-state index in [1.807, 2.05) is 60.7 Å². The van der Waals surface area contributed by atoms with E-state index in [1.165, 1.54) is 128 Å². The van der Waals surface area contributed by atoms with E-state index in [0.29, 0.717) is 12.8 Å². The highest BCUT2D eigenvalue weighted by Gasteiger charge is 2.24. The van der Waals surface area contributed by atoms with Crippen molar-refractivity contribution in [1.82, 2.24) is 10.6 Å². The number of hydrogen-bond donors (Lipinski definition) is 2. The van der Waals surface area contributed by atoms with Crippen molar-refractivity contribution in [2.75, 3.05) is 6.54 Å². The summed E-state index contributed by atoms with van der Waals surface area (Å²) in [5.41, 5.74) is 1.63. The van der Waals surface area contributed by atoms with Crippen LogP contribution in [0.25, 0.3) is 0 Å². The fourth-order valence-electron chi connectivity index (χ4n) is 8.14. The first-order valence-corrected chi connectivity index (χ1v) is 26.5. The van der Waals surface area contributed by atoms with E-state index < -0.39 is 30.0 Å². The molecule has 2 N–H and O–H groups in total. The fourth-order valence-corrected chi connectivity index (χ4v) is 8.14. The molecule has 0 radical (unpaired) electrons. The standard InChI is InChI=1S/C56H90N2O8/c1-3-5-7-9-11-13-15-17-19-21-23-25-33-39-50(66-55(62)40-34-26-24-22-20-18-16-14-12-10-8-6-4-2)45-53(60)57-44-43-52(59)58-51(56(63)65-47-49-37-31-28-32-38-49)41-42-54(61)64-46-48-35-29-27-30-36-48/h27-32,35-38,50-51H,3-26,33-34,39-47H2,1-2H3,(H,57,60)(H,58,59)/t50?,51-/m0/s1. The molecule has 66 heavy (non-hydrogen) atoms.